The molecule has 8 nitrogen and oxygen atoms in total. The van der Waals surface area contributed by atoms with E-state index in [-0.39, 0.29) is 21.2 Å². The molecule has 0 aromatic heterocycles. The third kappa shape index (κ3) is 5.93. The molecular formula is C25H25ClN2O6S. The second kappa shape index (κ2) is 10.8. The third-order valence-corrected chi connectivity index (χ3v) is 7.34. The molecule has 0 fully saturated rings. The number of ether oxygens (including phenoxy) is 2. The van der Waals surface area contributed by atoms with Crippen LogP contribution in [0.5, 0.6) is 5.75 Å². The van der Waals surface area contributed by atoms with Crippen LogP contribution in [0.1, 0.15) is 21.5 Å². The number of hydrogen-bond donors (Lipinski definition) is 1. The summed E-state index contributed by atoms with van der Waals surface area (Å²) in [6, 6.07) is 15.5. The minimum Gasteiger partial charge on any atom is -0.495 e. The van der Waals surface area contributed by atoms with E-state index < -0.39 is 28.4 Å². The number of sulfonamides is 1. The number of methoxy groups -OCH3 is 2. The van der Waals surface area contributed by atoms with E-state index in [1.807, 2.05) is 6.92 Å². The zero-order valence-electron chi connectivity index (χ0n) is 19.7. The van der Waals surface area contributed by atoms with Gasteiger partial charge in [-0.05, 0) is 61.9 Å². The predicted octanol–water partition coefficient (Wildman–Crippen LogP) is 4.59. The molecule has 0 radical (unpaired) electrons. The molecule has 3 rings (SSSR count). The highest BCUT2D eigenvalue weighted by atomic mass is 35.5. The molecule has 10 heteroatoms. The lowest BCUT2D eigenvalue weighted by atomic mass is 10.1. The van der Waals surface area contributed by atoms with Gasteiger partial charge >= 0.3 is 5.97 Å². The number of amides is 1. The summed E-state index contributed by atoms with van der Waals surface area (Å²) >= 11 is 6.25. The molecule has 0 saturated carbocycles. The average molecular weight is 517 g/mol. The Morgan fingerprint density at radius 2 is 1.66 bits per heavy atom. The molecule has 0 unspecified atom stereocenters. The van der Waals surface area contributed by atoms with E-state index in [0.29, 0.717) is 17.0 Å². The monoisotopic (exact) mass is 516 g/mol. The van der Waals surface area contributed by atoms with Crippen LogP contribution in [-0.2, 0) is 19.6 Å². The smallest absolute Gasteiger partial charge is 0.337 e. The van der Waals surface area contributed by atoms with Gasteiger partial charge in [0.05, 0.1) is 35.4 Å². The summed E-state index contributed by atoms with van der Waals surface area (Å²) in [4.78, 5) is 24.9. The number of halogens is 1. The Hall–Kier alpha value is -3.56. The normalized spacial score (nSPS) is 11.0. The zero-order valence-corrected chi connectivity index (χ0v) is 21.2. The molecule has 0 bridgehead atoms. The fraction of sp³-hybridized carbons (Fsp3) is 0.200. The molecule has 0 atom stereocenters. The molecule has 184 valence electrons. The maximum Gasteiger partial charge on any atom is 0.337 e. The van der Waals surface area contributed by atoms with Crippen molar-refractivity contribution in [3.63, 3.8) is 0 Å². The molecule has 1 N–H and O–H groups in total. The molecule has 35 heavy (non-hydrogen) atoms. The third-order valence-electron chi connectivity index (χ3n) is 5.25. The van der Waals surface area contributed by atoms with Gasteiger partial charge < -0.3 is 14.8 Å². The standard InChI is InChI=1S/C25H25ClN2O6S/c1-16-5-10-20(11-6-16)35(31,32)28(19-9-12-23(33-3)21(26)14-19)15-24(29)27-22-13-18(25(30)34-4)8-7-17(22)2/h5-14H,15H2,1-4H3,(H,27,29). The fourth-order valence-corrected chi connectivity index (χ4v) is 4.95. The van der Waals surface area contributed by atoms with Crippen LogP contribution in [-0.4, -0.2) is 41.1 Å². The first-order valence-electron chi connectivity index (χ1n) is 10.5. The number of carbonyl (C=O) groups excluding carboxylic acids is 2. The summed E-state index contributed by atoms with van der Waals surface area (Å²) < 4.78 is 38.0. The lowest BCUT2D eigenvalue weighted by molar-refractivity contribution is -0.114. The first-order chi connectivity index (χ1) is 16.6. The Labute approximate surface area is 209 Å². The van der Waals surface area contributed by atoms with Gasteiger partial charge in [-0.25, -0.2) is 13.2 Å². The van der Waals surface area contributed by atoms with Crippen molar-refractivity contribution < 1.29 is 27.5 Å². The number of carbonyl (C=O) groups is 2. The minimum atomic E-state index is -4.13. The van der Waals surface area contributed by atoms with E-state index in [2.05, 4.69) is 5.32 Å². The van der Waals surface area contributed by atoms with Crippen molar-refractivity contribution in [2.75, 3.05) is 30.4 Å². The number of esters is 1. The van der Waals surface area contributed by atoms with Crippen molar-refractivity contribution in [1.29, 1.82) is 0 Å². The van der Waals surface area contributed by atoms with Gasteiger partial charge in [-0.2, -0.15) is 0 Å². The van der Waals surface area contributed by atoms with Crippen LogP contribution < -0.4 is 14.4 Å². The maximum atomic E-state index is 13.6. The van der Waals surface area contributed by atoms with Crippen LogP contribution in [0, 0.1) is 13.8 Å². The number of nitrogens with zero attached hydrogens (tertiary/aromatic N) is 1. The number of rotatable bonds is 8. The van der Waals surface area contributed by atoms with Gasteiger partial charge in [0.2, 0.25) is 5.91 Å². The van der Waals surface area contributed by atoms with Crippen LogP contribution in [0.3, 0.4) is 0 Å². The van der Waals surface area contributed by atoms with Gasteiger partial charge in [0.1, 0.15) is 12.3 Å². The SMILES string of the molecule is COC(=O)c1ccc(C)c(NC(=O)CN(c2ccc(OC)c(Cl)c2)S(=O)(=O)c2ccc(C)cc2)c1. The Bertz CT molecular complexity index is 1360. The van der Waals surface area contributed by atoms with Gasteiger partial charge in [0.25, 0.3) is 10.0 Å². The van der Waals surface area contributed by atoms with E-state index in [1.165, 1.54) is 50.6 Å². The summed E-state index contributed by atoms with van der Waals surface area (Å²) in [6.07, 6.45) is 0. The highest BCUT2D eigenvalue weighted by Crippen LogP contribution is 2.32. The first-order valence-corrected chi connectivity index (χ1v) is 12.3. The highest BCUT2D eigenvalue weighted by Gasteiger charge is 2.28. The van der Waals surface area contributed by atoms with E-state index in [4.69, 9.17) is 21.1 Å². The molecule has 0 aliphatic carbocycles. The van der Waals surface area contributed by atoms with Gasteiger partial charge in [0.15, 0.2) is 0 Å². The van der Waals surface area contributed by atoms with Crippen LogP contribution in [0.25, 0.3) is 0 Å². The van der Waals surface area contributed by atoms with E-state index in [9.17, 15) is 18.0 Å². The van der Waals surface area contributed by atoms with Crippen LogP contribution in [0.4, 0.5) is 11.4 Å². The van der Waals surface area contributed by atoms with Crippen molar-refractivity contribution in [2.45, 2.75) is 18.7 Å². The summed E-state index contributed by atoms with van der Waals surface area (Å²) in [5, 5.41) is 2.88. The summed E-state index contributed by atoms with van der Waals surface area (Å²) in [5.74, 6) is -0.808. The topological polar surface area (TPSA) is 102 Å². The first kappa shape index (κ1) is 26.1. The Morgan fingerprint density at radius 3 is 2.26 bits per heavy atom. The van der Waals surface area contributed by atoms with Crippen molar-refractivity contribution in [3.05, 3.63) is 82.4 Å². The Morgan fingerprint density at radius 1 is 0.971 bits per heavy atom. The Kier molecular flexibility index (Phi) is 8.03. The molecule has 0 aliphatic rings. The highest BCUT2D eigenvalue weighted by molar-refractivity contribution is 7.92. The minimum absolute atomic E-state index is 0.0201. The quantitative estimate of drug-likeness (QED) is 0.439. The summed E-state index contributed by atoms with van der Waals surface area (Å²) in [5.41, 5.74) is 2.37. The van der Waals surface area contributed by atoms with Crippen molar-refractivity contribution in [2.24, 2.45) is 0 Å². The van der Waals surface area contributed by atoms with E-state index in [0.717, 1.165) is 9.87 Å². The Balaban J connectivity index is 1.99. The average Bonchev–Trinajstić information content (AvgIpc) is 2.83. The molecule has 0 saturated heterocycles. The molecule has 0 spiro atoms. The van der Waals surface area contributed by atoms with Crippen molar-refractivity contribution >= 4 is 44.9 Å². The largest absolute Gasteiger partial charge is 0.495 e. The molecule has 3 aromatic rings. The van der Waals surface area contributed by atoms with Gasteiger partial charge in [-0.1, -0.05) is 35.4 Å². The van der Waals surface area contributed by atoms with Crippen LogP contribution >= 0.6 is 11.6 Å². The lowest BCUT2D eigenvalue weighted by Gasteiger charge is -2.25. The number of hydrogen-bond acceptors (Lipinski definition) is 6. The summed E-state index contributed by atoms with van der Waals surface area (Å²) in [6.45, 7) is 3.05. The van der Waals surface area contributed by atoms with E-state index in [1.54, 1.807) is 31.2 Å². The second-order valence-electron chi connectivity index (χ2n) is 7.71. The molecular weight excluding hydrogens is 492 g/mol. The van der Waals surface area contributed by atoms with E-state index >= 15 is 0 Å². The van der Waals surface area contributed by atoms with Gasteiger partial charge in [-0.3, -0.25) is 9.10 Å². The number of anilines is 2. The molecule has 1 amide bonds. The van der Waals surface area contributed by atoms with Crippen molar-refractivity contribution in [3.8, 4) is 5.75 Å². The second-order valence-corrected chi connectivity index (χ2v) is 9.98. The number of aryl methyl sites for hydroxylation is 2. The predicted molar refractivity (Wildman–Crippen MR) is 135 cm³/mol. The summed E-state index contributed by atoms with van der Waals surface area (Å²) in [7, 11) is -1.43. The van der Waals surface area contributed by atoms with Gasteiger partial charge in [0, 0.05) is 5.69 Å². The number of nitrogens with one attached hydrogen (secondary N) is 1. The van der Waals surface area contributed by atoms with Gasteiger partial charge in [-0.15, -0.1) is 0 Å². The zero-order chi connectivity index (χ0) is 25.8. The molecule has 0 aliphatic heterocycles. The maximum absolute atomic E-state index is 13.6. The lowest BCUT2D eigenvalue weighted by Crippen LogP contribution is -2.38. The van der Waals surface area contributed by atoms with Crippen LogP contribution in [0.2, 0.25) is 5.02 Å². The van der Waals surface area contributed by atoms with Crippen molar-refractivity contribution in [1.82, 2.24) is 0 Å². The van der Waals surface area contributed by atoms with Crippen LogP contribution in [0.15, 0.2) is 65.6 Å². The fourth-order valence-electron chi connectivity index (χ4n) is 3.28. The number of benzene rings is 3. The molecule has 3 aromatic carbocycles. The molecule has 0 heterocycles.